The molecule has 0 spiro atoms. The normalized spacial score (nSPS) is 12.3. The van der Waals surface area contributed by atoms with Crippen molar-refractivity contribution < 1.29 is 0 Å². The first-order valence-corrected chi connectivity index (χ1v) is 7.15. The molecule has 1 N–H and O–H groups in total. The van der Waals surface area contributed by atoms with Crippen LogP contribution < -0.4 is 5.32 Å². The topological polar surface area (TPSA) is 12.0 Å². The van der Waals surface area contributed by atoms with Crippen LogP contribution in [0.25, 0.3) is 6.08 Å². The third kappa shape index (κ3) is 4.17. The van der Waals surface area contributed by atoms with Gasteiger partial charge in [-0.05, 0) is 24.6 Å². The Kier molecular flexibility index (Phi) is 6.51. The molecule has 0 unspecified atom stereocenters. The van der Waals surface area contributed by atoms with Crippen LogP contribution in [0.15, 0.2) is 17.7 Å². The van der Waals surface area contributed by atoms with Crippen molar-refractivity contribution in [1.29, 1.82) is 0 Å². The predicted molar refractivity (Wildman–Crippen MR) is 82.8 cm³/mol. The number of hydrogen-bond donors (Lipinski definition) is 1. The molecule has 0 amide bonds. The Bertz CT molecular complexity index is 439. The second-order valence-corrected chi connectivity index (χ2v) is 5.60. The van der Waals surface area contributed by atoms with Gasteiger partial charge in [-0.25, -0.2) is 0 Å². The summed E-state index contributed by atoms with van der Waals surface area (Å²) in [6, 6.07) is 3.48. The van der Waals surface area contributed by atoms with Gasteiger partial charge in [-0.15, -0.1) is 0 Å². The molecule has 0 aliphatic carbocycles. The van der Waals surface area contributed by atoms with Gasteiger partial charge < -0.3 is 5.32 Å². The Labute approximate surface area is 124 Å². The van der Waals surface area contributed by atoms with Gasteiger partial charge >= 0.3 is 0 Å². The molecule has 0 aromatic heterocycles. The maximum atomic E-state index is 6.20. The SMILES string of the molecule is CCNC/C(=C/c1c(Cl)ccc(Cl)c1Cl)C(C)C. The van der Waals surface area contributed by atoms with E-state index >= 15 is 0 Å². The van der Waals surface area contributed by atoms with E-state index in [0.717, 1.165) is 18.7 Å². The summed E-state index contributed by atoms with van der Waals surface area (Å²) in [6.45, 7) is 8.14. The standard InChI is InChI=1S/C14H18Cl3N/c1-4-18-8-10(9(2)3)7-11-12(15)5-6-13(16)14(11)17/h5-7,9,18H,4,8H2,1-3H3/b10-7-. The van der Waals surface area contributed by atoms with Crippen molar-refractivity contribution in [3.8, 4) is 0 Å². The third-order valence-corrected chi connectivity index (χ3v) is 3.88. The number of hydrogen-bond acceptors (Lipinski definition) is 1. The zero-order valence-electron chi connectivity index (χ0n) is 10.9. The van der Waals surface area contributed by atoms with Crippen molar-refractivity contribution in [3.05, 3.63) is 38.3 Å². The highest BCUT2D eigenvalue weighted by Gasteiger charge is 2.10. The Morgan fingerprint density at radius 1 is 1.22 bits per heavy atom. The summed E-state index contributed by atoms with van der Waals surface area (Å²) in [7, 11) is 0. The molecule has 0 bridgehead atoms. The fraction of sp³-hybridized carbons (Fsp3) is 0.429. The highest BCUT2D eigenvalue weighted by molar-refractivity contribution is 6.44. The molecule has 1 aromatic carbocycles. The molecule has 0 atom stereocenters. The van der Waals surface area contributed by atoms with E-state index in [9.17, 15) is 0 Å². The fourth-order valence-electron chi connectivity index (χ4n) is 1.55. The first kappa shape index (κ1) is 15.8. The molecule has 1 aromatic rings. The lowest BCUT2D eigenvalue weighted by atomic mass is 10.00. The molecule has 0 radical (unpaired) electrons. The molecule has 0 aliphatic heterocycles. The Hall–Kier alpha value is -0.210. The van der Waals surface area contributed by atoms with Crippen LogP contribution in [0.5, 0.6) is 0 Å². The average molecular weight is 307 g/mol. The van der Waals surface area contributed by atoms with Gasteiger partial charge in [0.25, 0.3) is 0 Å². The monoisotopic (exact) mass is 305 g/mol. The first-order chi connectivity index (χ1) is 8.47. The smallest absolute Gasteiger partial charge is 0.0679 e. The van der Waals surface area contributed by atoms with E-state index < -0.39 is 0 Å². The molecule has 0 saturated heterocycles. The molecule has 100 valence electrons. The van der Waals surface area contributed by atoms with E-state index in [1.54, 1.807) is 12.1 Å². The molecular formula is C14H18Cl3N. The maximum Gasteiger partial charge on any atom is 0.0679 e. The van der Waals surface area contributed by atoms with Crippen LogP contribution in [0, 0.1) is 5.92 Å². The Morgan fingerprint density at radius 3 is 2.39 bits per heavy atom. The second-order valence-electron chi connectivity index (χ2n) is 4.41. The van der Waals surface area contributed by atoms with E-state index in [1.807, 2.05) is 6.08 Å². The number of nitrogens with one attached hydrogen (secondary N) is 1. The lowest BCUT2D eigenvalue weighted by molar-refractivity contribution is 0.682. The van der Waals surface area contributed by atoms with E-state index in [4.69, 9.17) is 34.8 Å². The number of halogens is 3. The minimum Gasteiger partial charge on any atom is -0.313 e. The van der Waals surface area contributed by atoms with E-state index in [1.165, 1.54) is 5.57 Å². The van der Waals surface area contributed by atoms with Crippen molar-refractivity contribution in [2.45, 2.75) is 20.8 Å². The van der Waals surface area contributed by atoms with Crippen LogP contribution in [-0.2, 0) is 0 Å². The van der Waals surface area contributed by atoms with Crippen LogP contribution in [0.2, 0.25) is 15.1 Å². The predicted octanol–water partition coefficient (Wildman–Crippen LogP) is 5.30. The van der Waals surface area contributed by atoms with Crippen LogP contribution in [-0.4, -0.2) is 13.1 Å². The Morgan fingerprint density at radius 2 is 1.83 bits per heavy atom. The van der Waals surface area contributed by atoms with Crippen molar-refractivity contribution in [2.75, 3.05) is 13.1 Å². The Balaban J connectivity index is 3.15. The molecule has 1 rings (SSSR count). The van der Waals surface area contributed by atoms with E-state index in [-0.39, 0.29) is 0 Å². The molecule has 0 fully saturated rings. The highest BCUT2D eigenvalue weighted by atomic mass is 35.5. The van der Waals surface area contributed by atoms with Crippen molar-refractivity contribution in [3.63, 3.8) is 0 Å². The lowest BCUT2D eigenvalue weighted by Crippen LogP contribution is -2.18. The molecule has 0 saturated carbocycles. The first-order valence-electron chi connectivity index (χ1n) is 6.02. The van der Waals surface area contributed by atoms with Crippen molar-refractivity contribution in [2.24, 2.45) is 5.92 Å². The minimum atomic E-state index is 0.426. The molecule has 0 aliphatic rings. The van der Waals surface area contributed by atoms with Gasteiger partial charge in [0.1, 0.15) is 0 Å². The molecule has 18 heavy (non-hydrogen) atoms. The maximum absolute atomic E-state index is 6.20. The zero-order chi connectivity index (χ0) is 13.7. The average Bonchev–Trinajstić information content (AvgIpc) is 2.33. The summed E-state index contributed by atoms with van der Waals surface area (Å²) in [6.07, 6.45) is 2.03. The number of benzene rings is 1. The fourth-order valence-corrected chi connectivity index (χ4v) is 2.20. The van der Waals surface area contributed by atoms with Crippen molar-refractivity contribution >= 4 is 40.9 Å². The summed E-state index contributed by atoms with van der Waals surface area (Å²) < 4.78 is 0. The van der Waals surface area contributed by atoms with Gasteiger partial charge in [0.15, 0.2) is 0 Å². The molecule has 0 heterocycles. The van der Waals surface area contributed by atoms with E-state index in [0.29, 0.717) is 21.0 Å². The molecular weight excluding hydrogens is 289 g/mol. The van der Waals surface area contributed by atoms with Crippen LogP contribution in [0.3, 0.4) is 0 Å². The lowest BCUT2D eigenvalue weighted by Gasteiger charge is -2.13. The third-order valence-electron chi connectivity index (χ3n) is 2.73. The summed E-state index contributed by atoms with van der Waals surface area (Å²) in [5, 5.41) is 4.98. The summed E-state index contributed by atoms with van der Waals surface area (Å²) in [4.78, 5) is 0. The van der Waals surface area contributed by atoms with Gasteiger partial charge in [-0.1, -0.05) is 67.2 Å². The second kappa shape index (κ2) is 7.40. The molecule has 4 heteroatoms. The van der Waals surface area contributed by atoms with Gasteiger partial charge in [-0.2, -0.15) is 0 Å². The zero-order valence-corrected chi connectivity index (χ0v) is 13.1. The van der Waals surface area contributed by atoms with Crippen LogP contribution in [0.1, 0.15) is 26.3 Å². The molecule has 1 nitrogen and oxygen atoms in total. The van der Waals surface area contributed by atoms with E-state index in [2.05, 4.69) is 26.1 Å². The summed E-state index contributed by atoms with van der Waals surface area (Å²) in [5.74, 6) is 0.426. The number of rotatable bonds is 5. The van der Waals surface area contributed by atoms with Gasteiger partial charge in [0.05, 0.1) is 10.0 Å². The van der Waals surface area contributed by atoms with Gasteiger partial charge in [-0.3, -0.25) is 0 Å². The highest BCUT2D eigenvalue weighted by Crippen LogP contribution is 2.33. The number of likely N-dealkylation sites (N-methyl/N-ethyl adjacent to an activating group) is 1. The van der Waals surface area contributed by atoms with Crippen LogP contribution >= 0.6 is 34.8 Å². The summed E-state index contributed by atoms with van der Waals surface area (Å²) >= 11 is 18.4. The van der Waals surface area contributed by atoms with Gasteiger partial charge in [0, 0.05) is 17.1 Å². The summed E-state index contributed by atoms with van der Waals surface area (Å²) in [5.41, 5.74) is 2.05. The van der Waals surface area contributed by atoms with Crippen molar-refractivity contribution in [1.82, 2.24) is 5.32 Å². The minimum absolute atomic E-state index is 0.426. The largest absolute Gasteiger partial charge is 0.313 e. The van der Waals surface area contributed by atoms with Crippen LogP contribution in [0.4, 0.5) is 0 Å². The quantitative estimate of drug-likeness (QED) is 0.728. The van der Waals surface area contributed by atoms with Gasteiger partial charge in [0.2, 0.25) is 0 Å².